The number of nitrogens with zero attached hydrogens (tertiary/aromatic N) is 1. The summed E-state index contributed by atoms with van der Waals surface area (Å²) < 4.78 is 7.03. The number of esters is 1. The van der Waals surface area contributed by atoms with Gasteiger partial charge in [-0.2, -0.15) is 0 Å². The summed E-state index contributed by atoms with van der Waals surface area (Å²) in [6.07, 6.45) is 7.01. The molecule has 0 amide bonds. The van der Waals surface area contributed by atoms with E-state index in [1.54, 1.807) is 6.92 Å². The van der Waals surface area contributed by atoms with Gasteiger partial charge in [-0.15, -0.1) is 0 Å². The van der Waals surface area contributed by atoms with E-state index >= 15 is 0 Å². The average molecular weight is 221 g/mol. The number of aromatic nitrogens is 1. The van der Waals surface area contributed by atoms with E-state index in [0.717, 1.165) is 18.5 Å². The topological polar surface area (TPSA) is 31.2 Å². The van der Waals surface area contributed by atoms with Crippen molar-refractivity contribution in [2.45, 2.75) is 33.7 Å². The third kappa shape index (κ3) is 3.57. The Morgan fingerprint density at radius 1 is 1.50 bits per heavy atom. The van der Waals surface area contributed by atoms with E-state index in [1.165, 1.54) is 0 Å². The number of carbonyl (C=O) groups is 1. The number of hydrogen-bond donors (Lipinski definition) is 0. The fourth-order valence-electron chi connectivity index (χ4n) is 1.50. The van der Waals surface area contributed by atoms with Crippen molar-refractivity contribution in [3.63, 3.8) is 0 Å². The minimum Gasteiger partial charge on any atom is -0.463 e. The SMILES string of the molecule is CCCn1ccc(/C=C(/C)C(=O)OCC)c1. The minimum absolute atomic E-state index is 0.245. The first-order valence-electron chi connectivity index (χ1n) is 5.68. The average Bonchev–Trinajstić information content (AvgIpc) is 2.66. The van der Waals surface area contributed by atoms with E-state index < -0.39 is 0 Å². The maximum Gasteiger partial charge on any atom is 0.333 e. The Balaban J connectivity index is 2.69. The standard InChI is InChI=1S/C13H19NO2/c1-4-7-14-8-6-12(10-14)9-11(3)13(15)16-5-2/h6,8-10H,4-5,7H2,1-3H3/b11-9-. The Hall–Kier alpha value is -1.51. The lowest BCUT2D eigenvalue weighted by molar-refractivity contribution is -0.138. The van der Waals surface area contributed by atoms with E-state index in [0.29, 0.717) is 12.2 Å². The Bertz CT molecular complexity index is 377. The van der Waals surface area contributed by atoms with Crippen molar-refractivity contribution in [2.24, 2.45) is 0 Å². The van der Waals surface area contributed by atoms with Gasteiger partial charge >= 0.3 is 5.97 Å². The molecule has 0 bridgehead atoms. The van der Waals surface area contributed by atoms with E-state index in [9.17, 15) is 4.79 Å². The molecule has 0 saturated carbocycles. The highest BCUT2D eigenvalue weighted by Gasteiger charge is 2.04. The van der Waals surface area contributed by atoms with Gasteiger partial charge in [0.1, 0.15) is 0 Å². The fourth-order valence-corrected chi connectivity index (χ4v) is 1.50. The fraction of sp³-hybridized carbons (Fsp3) is 0.462. The highest BCUT2D eigenvalue weighted by atomic mass is 16.5. The van der Waals surface area contributed by atoms with E-state index in [2.05, 4.69) is 11.5 Å². The van der Waals surface area contributed by atoms with Crippen LogP contribution in [-0.2, 0) is 16.1 Å². The lowest BCUT2D eigenvalue weighted by atomic mass is 10.2. The maximum absolute atomic E-state index is 11.4. The van der Waals surface area contributed by atoms with E-state index in [1.807, 2.05) is 31.5 Å². The molecule has 16 heavy (non-hydrogen) atoms. The molecule has 0 spiro atoms. The Morgan fingerprint density at radius 3 is 2.88 bits per heavy atom. The molecule has 0 aliphatic heterocycles. The van der Waals surface area contributed by atoms with E-state index in [-0.39, 0.29) is 5.97 Å². The highest BCUT2D eigenvalue weighted by Crippen LogP contribution is 2.09. The molecule has 0 atom stereocenters. The van der Waals surface area contributed by atoms with Gasteiger partial charge in [0, 0.05) is 24.5 Å². The van der Waals surface area contributed by atoms with E-state index in [4.69, 9.17) is 4.74 Å². The summed E-state index contributed by atoms with van der Waals surface area (Å²) in [5.74, 6) is -0.245. The summed E-state index contributed by atoms with van der Waals surface area (Å²) in [6, 6.07) is 2.00. The summed E-state index contributed by atoms with van der Waals surface area (Å²) in [7, 11) is 0. The summed E-state index contributed by atoms with van der Waals surface area (Å²) >= 11 is 0. The summed E-state index contributed by atoms with van der Waals surface area (Å²) in [5.41, 5.74) is 1.68. The predicted molar refractivity (Wildman–Crippen MR) is 65.0 cm³/mol. The molecule has 1 heterocycles. The van der Waals surface area contributed by atoms with Crippen LogP contribution >= 0.6 is 0 Å². The van der Waals surface area contributed by atoms with Crippen molar-refractivity contribution in [1.29, 1.82) is 0 Å². The van der Waals surface area contributed by atoms with Gasteiger partial charge in [-0.25, -0.2) is 4.79 Å². The smallest absolute Gasteiger partial charge is 0.333 e. The molecule has 0 aliphatic rings. The summed E-state index contributed by atoms with van der Waals surface area (Å²) in [4.78, 5) is 11.4. The lowest BCUT2D eigenvalue weighted by Crippen LogP contribution is -2.04. The van der Waals surface area contributed by atoms with Crippen LogP contribution in [0.15, 0.2) is 24.0 Å². The third-order valence-electron chi connectivity index (χ3n) is 2.24. The molecule has 1 aromatic rings. The predicted octanol–water partition coefficient (Wildman–Crippen LogP) is 2.86. The third-order valence-corrected chi connectivity index (χ3v) is 2.24. The molecular formula is C13H19NO2. The van der Waals surface area contributed by atoms with Gasteiger partial charge in [-0.3, -0.25) is 0 Å². The van der Waals surface area contributed by atoms with Crippen molar-refractivity contribution in [3.05, 3.63) is 29.6 Å². The minimum atomic E-state index is -0.245. The first-order chi connectivity index (χ1) is 7.67. The quantitative estimate of drug-likeness (QED) is 0.565. The van der Waals surface area contributed by atoms with Crippen molar-refractivity contribution < 1.29 is 9.53 Å². The largest absolute Gasteiger partial charge is 0.463 e. The van der Waals surface area contributed by atoms with Crippen LogP contribution in [0.5, 0.6) is 0 Å². The van der Waals surface area contributed by atoms with Crippen LogP contribution < -0.4 is 0 Å². The van der Waals surface area contributed by atoms with Crippen LogP contribution in [-0.4, -0.2) is 17.1 Å². The zero-order valence-corrected chi connectivity index (χ0v) is 10.2. The van der Waals surface area contributed by atoms with Crippen LogP contribution in [0.25, 0.3) is 6.08 Å². The van der Waals surface area contributed by atoms with Gasteiger partial charge in [0.05, 0.1) is 6.61 Å². The van der Waals surface area contributed by atoms with Crippen LogP contribution in [0.1, 0.15) is 32.8 Å². The van der Waals surface area contributed by atoms with Gasteiger partial charge in [-0.1, -0.05) is 6.92 Å². The molecule has 0 radical (unpaired) electrons. The normalized spacial score (nSPS) is 11.6. The Morgan fingerprint density at radius 2 is 2.25 bits per heavy atom. The number of carbonyl (C=O) groups excluding carboxylic acids is 1. The maximum atomic E-state index is 11.4. The molecule has 0 unspecified atom stereocenters. The second-order valence-electron chi connectivity index (χ2n) is 3.73. The monoisotopic (exact) mass is 221 g/mol. The molecule has 0 aliphatic carbocycles. The highest BCUT2D eigenvalue weighted by molar-refractivity contribution is 5.92. The second-order valence-corrected chi connectivity index (χ2v) is 3.73. The zero-order chi connectivity index (χ0) is 12.0. The second kappa shape index (κ2) is 6.16. The van der Waals surface area contributed by atoms with Crippen molar-refractivity contribution >= 4 is 12.0 Å². The zero-order valence-electron chi connectivity index (χ0n) is 10.2. The molecule has 3 nitrogen and oxygen atoms in total. The number of hydrogen-bond acceptors (Lipinski definition) is 2. The van der Waals surface area contributed by atoms with Crippen LogP contribution in [0.3, 0.4) is 0 Å². The number of rotatable bonds is 5. The Labute approximate surface area is 96.7 Å². The van der Waals surface area contributed by atoms with Crippen LogP contribution in [0, 0.1) is 0 Å². The molecule has 1 rings (SSSR count). The molecule has 0 fully saturated rings. The van der Waals surface area contributed by atoms with Gasteiger partial charge < -0.3 is 9.30 Å². The van der Waals surface area contributed by atoms with Crippen molar-refractivity contribution in [2.75, 3.05) is 6.61 Å². The molecule has 0 saturated heterocycles. The van der Waals surface area contributed by atoms with Crippen LogP contribution in [0.4, 0.5) is 0 Å². The molecule has 0 aromatic carbocycles. The van der Waals surface area contributed by atoms with Gasteiger partial charge in [-0.05, 0) is 38.0 Å². The van der Waals surface area contributed by atoms with Crippen molar-refractivity contribution in [3.8, 4) is 0 Å². The molecule has 88 valence electrons. The first kappa shape index (κ1) is 12.6. The summed E-state index contributed by atoms with van der Waals surface area (Å²) in [5, 5.41) is 0. The lowest BCUT2D eigenvalue weighted by Gasteiger charge is -2.00. The van der Waals surface area contributed by atoms with Gasteiger partial charge in [0.15, 0.2) is 0 Å². The molecular weight excluding hydrogens is 202 g/mol. The molecule has 0 N–H and O–H groups in total. The molecule has 3 heteroatoms. The summed E-state index contributed by atoms with van der Waals surface area (Å²) in [6.45, 7) is 7.14. The first-order valence-corrected chi connectivity index (χ1v) is 5.68. The molecule has 1 aromatic heterocycles. The van der Waals surface area contributed by atoms with Crippen molar-refractivity contribution in [1.82, 2.24) is 4.57 Å². The van der Waals surface area contributed by atoms with Crippen LogP contribution in [0.2, 0.25) is 0 Å². The Kier molecular flexibility index (Phi) is 4.83. The van der Waals surface area contributed by atoms with Gasteiger partial charge in [0.25, 0.3) is 0 Å². The number of ether oxygens (including phenoxy) is 1. The van der Waals surface area contributed by atoms with Gasteiger partial charge in [0.2, 0.25) is 0 Å². The number of aryl methyl sites for hydroxylation is 1.